The Labute approximate surface area is 196 Å². The van der Waals surface area contributed by atoms with Crippen LogP contribution in [-0.2, 0) is 10.3 Å². The summed E-state index contributed by atoms with van der Waals surface area (Å²) in [6, 6.07) is 2.95. The zero-order chi connectivity index (χ0) is 23.3. The molecule has 33 heavy (non-hydrogen) atoms. The molecule has 7 nitrogen and oxygen atoms in total. The number of fused-ring (bicyclic) bond motifs is 1. The number of aliphatic hydroxyl groups excluding tert-OH is 1. The third-order valence-electron chi connectivity index (χ3n) is 6.43. The van der Waals surface area contributed by atoms with E-state index >= 15 is 4.39 Å². The first-order chi connectivity index (χ1) is 15.8. The van der Waals surface area contributed by atoms with Crippen LogP contribution in [0.5, 0.6) is 0 Å². The summed E-state index contributed by atoms with van der Waals surface area (Å²) in [6.07, 6.45) is 4.35. The third kappa shape index (κ3) is 4.17. The Kier molecular flexibility index (Phi) is 5.73. The Morgan fingerprint density at radius 1 is 1.24 bits per heavy atom. The van der Waals surface area contributed by atoms with Gasteiger partial charge in [-0.25, -0.2) is 14.4 Å². The zero-order valence-corrected chi connectivity index (χ0v) is 19.2. The van der Waals surface area contributed by atoms with Crippen LogP contribution in [0.25, 0.3) is 22.2 Å². The van der Waals surface area contributed by atoms with E-state index in [0.29, 0.717) is 48.5 Å². The Morgan fingerprint density at radius 3 is 2.73 bits per heavy atom. The molecule has 5 rings (SSSR count). The van der Waals surface area contributed by atoms with Crippen molar-refractivity contribution in [2.45, 2.75) is 56.8 Å². The zero-order valence-electron chi connectivity index (χ0n) is 18.5. The summed E-state index contributed by atoms with van der Waals surface area (Å²) >= 11 is 6.42. The maximum Gasteiger partial charge on any atom is 0.223 e. The molecule has 1 aliphatic heterocycles. The van der Waals surface area contributed by atoms with Crippen LogP contribution in [0.1, 0.15) is 50.2 Å². The van der Waals surface area contributed by atoms with Gasteiger partial charge in [-0.3, -0.25) is 4.98 Å². The molecule has 0 bridgehead atoms. The van der Waals surface area contributed by atoms with Crippen LogP contribution in [0.3, 0.4) is 0 Å². The topological polar surface area (TPSA) is 100 Å². The van der Waals surface area contributed by atoms with Gasteiger partial charge < -0.3 is 20.3 Å². The minimum Gasteiger partial charge on any atom is -0.389 e. The molecule has 9 heteroatoms. The van der Waals surface area contributed by atoms with Crippen LogP contribution < -0.4 is 5.32 Å². The Bertz CT molecular complexity index is 1220. The Balaban J connectivity index is 1.60. The summed E-state index contributed by atoms with van der Waals surface area (Å²) < 4.78 is 20.5. The molecule has 3 N–H and O–H groups in total. The molecule has 0 unspecified atom stereocenters. The van der Waals surface area contributed by atoms with Crippen LogP contribution in [0.4, 0.5) is 10.3 Å². The van der Waals surface area contributed by atoms with E-state index in [-0.39, 0.29) is 29.1 Å². The second-order valence-electron chi connectivity index (χ2n) is 9.20. The molecule has 0 amide bonds. The predicted molar refractivity (Wildman–Crippen MR) is 124 cm³/mol. The van der Waals surface area contributed by atoms with E-state index < -0.39 is 17.5 Å². The SMILES string of the molecule is CC(C)c1c(C2(O)CC2)cnc2c(F)cc(-c3nc(N[C@@H]4CCOC[C@H]4O)ncc3Cl)cc12. The van der Waals surface area contributed by atoms with Gasteiger partial charge in [0.25, 0.3) is 0 Å². The van der Waals surface area contributed by atoms with Crippen molar-refractivity contribution in [1.82, 2.24) is 15.0 Å². The molecule has 0 spiro atoms. The summed E-state index contributed by atoms with van der Waals surface area (Å²) in [7, 11) is 0. The van der Waals surface area contributed by atoms with E-state index in [1.165, 1.54) is 12.3 Å². The highest BCUT2D eigenvalue weighted by Gasteiger charge is 2.44. The van der Waals surface area contributed by atoms with Crippen molar-refractivity contribution in [3.63, 3.8) is 0 Å². The molecular formula is C24H26ClFN4O3. The summed E-state index contributed by atoms with van der Waals surface area (Å²) in [5.74, 6) is -0.134. The van der Waals surface area contributed by atoms with E-state index in [2.05, 4.69) is 20.3 Å². The molecule has 2 aromatic heterocycles. The van der Waals surface area contributed by atoms with Crippen LogP contribution in [-0.4, -0.2) is 50.5 Å². The van der Waals surface area contributed by atoms with Gasteiger partial charge in [-0.15, -0.1) is 0 Å². The van der Waals surface area contributed by atoms with E-state index in [4.69, 9.17) is 16.3 Å². The lowest BCUT2D eigenvalue weighted by Crippen LogP contribution is -2.42. The maximum absolute atomic E-state index is 15.2. The van der Waals surface area contributed by atoms with Crippen molar-refractivity contribution in [2.75, 3.05) is 18.5 Å². The minimum atomic E-state index is -0.887. The molecule has 2 fully saturated rings. The van der Waals surface area contributed by atoms with Gasteiger partial charge in [0.05, 0.1) is 41.3 Å². The smallest absolute Gasteiger partial charge is 0.223 e. The van der Waals surface area contributed by atoms with Crippen molar-refractivity contribution in [1.29, 1.82) is 0 Å². The number of aliphatic hydroxyl groups is 2. The quantitative estimate of drug-likeness (QED) is 0.512. The Hall–Kier alpha value is -2.39. The molecule has 174 valence electrons. The van der Waals surface area contributed by atoms with Crippen LogP contribution in [0.15, 0.2) is 24.5 Å². The molecule has 3 heterocycles. The van der Waals surface area contributed by atoms with E-state index in [0.717, 1.165) is 11.1 Å². The largest absolute Gasteiger partial charge is 0.389 e. The van der Waals surface area contributed by atoms with Crippen molar-refractivity contribution in [3.05, 3.63) is 46.5 Å². The van der Waals surface area contributed by atoms with Gasteiger partial charge in [-0.1, -0.05) is 25.4 Å². The lowest BCUT2D eigenvalue weighted by atomic mass is 9.89. The summed E-state index contributed by atoms with van der Waals surface area (Å²) in [4.78, 5) is 13.1. The molecule has 1 aliphatic carbocycles. The number of pyridine rings is 1. The number of rotatable bonds is 5. The average Bonchev–Trinajstić information content (AvgIpc) is 3.54. The molecular weight excluding hydrogens is 447 g/mol. The van der Waals surface area contributed by atoms with Gasteiger partial charge in [0.2, 0.25) is 5.95 Å². The summed E-state index contributed by atoms with van der Waals surface area (Å²) in [5, 5.41) is 25.0. The third-order valence-corrected chi connectivity index (χ3v) is 6.70. The molecule has 1 saturated heterocycles. The van der Waals surface area contributed by atoms with Crippen molar-refractivity contribution < 1.29 is 19.3 Å². The number of nitrogens with zero attached hydrogens (tertiary/aromatic N) is 3. The number of halogens is 2. The fraction of sp³-hybridized carbons (Fsp3) is 0.458. The second kappa shape index (κ2) is 8.43. The first-order valence-corrected chi connectivity index (χ1v) is 11.5. The maximum atomic E-state index is 15.2. The lowest BCUT2D eigenvalue weighted by molar-refractivity contribution is -0.0136. The molecule has 0 radical (unpaired) electrons. The predicted octanol–water partition coefficient (Wildman–Crippen LogP) is 4.15. The fourth-order valence-electron chi connectivity index (χ4n) is 4.49. The van der Waals surface area contributed by atoms with Crippen LogP contribution >= 0.6 is 11.6 Å². The second-order valence-corrected chi connectivity index (χ2v) is 9.61. The van der Waals surface area contributed by atoms with Crippen molar-refractivity contribution in [2.24, 2.45) is 0 Å². The number of benzene rings is 1. The van der Waals surface area contributed by atoms with Crippen molar-refractivity contribution >= 4 is 28.5 Å². The fourth-order valence-corrected chi connectivity index (χ4v) is 4.69. The molecule has 2 aliphatic rings. The van der Waals surface area contributed by atoms with Gasteiger partial charge in [-0.2, -0.15) is 0 Å². The lowest BCUT2D eigenvalue weighted by Gasteiger charge is -2.28. The molecule has 1 aromatic carbocycles. The monoisotopic (exact) mass is 472 g/mol. The first kappa shape index (κ1) is 22.4. The average molecular weight is 473 g/mol. The van der Waals surface area contributed by atoms with Gasteiger partial charge in [0, 0.05) is 29.3 Å². The summed E-state index contributed by atoms with van der Waals surface area (Å²) in [6.45, 7) is 4.82. The highest BCUT2D eigenvalue weighted by Crippen LogP contribution is 2.49. The van der Waals surface area contributed by atoms with Gasteiger partial charge in [0.1, 0.15) is 11.3 Å². The minimum absolute atomic E-state index is 0.0536. The highest BCUT2D eigenvalue weighted by molar-refractivity contribution is 6.33. The number of anilines is 1. The van der Waals surface area contributed by atoms with Crippen molar-refractivity contribution in [3.8, 4) is 11.3 Å². The molecule has 1 saturated carbocycles. The highest BCUT2D eigenvalue weighted by atomic mass is 35.5. The first-order valence-electron chi connectivity index (χ1n) is 11.2. The van der Waals surface area contributed by atoms with Crippen LogP contribution in [0.2, 0.25) is 5.02 Å². The van der Waals surface area contributed by atoms with E-state index in [1.54, 1.807) is 6.20 Å². The normalized spacial score (nSPS) is 22.0. The van der Waals surface area contributed by atoms with E-state index in [1.807, 2.05) is 19.9 Å². The van der Waals surface area contributed by atoms with E-state index in [9.17, 15) is 10.2 Å². The number of ether oxygens (including phenoxy) is 1. The number of aromatic nitrogens is 3. The van der Waals surface area contributed by atoms with Gasteiger partial charge in [0.15, 0.2) is 0 Å². The molecule has 2 atom stereocenters. The number of hydrogen-bond donors (Lipinski definition) is 3. The molecule has 3 aromatic rings. The summed E-state index contributed by atoms with van der Waals surface area (Å²) in [5.41, 5.74) is 1.88. The van der Waals surface area contributed by atoms with Crippen LogP contribution in [0, 0.1) is 5.82 Å². The van der Waals surface area contributed by atoms with Gasteiger partial charge >= 0.3 is 0 Å². The Morgan fingerprint density at radius 2 is 2.03 bits per heavy atom. The van der Waals surface area contributed by atoms with Gasteiger partial charge in [-0.05, 0) is 42.9 Å². The number of nitrogens with one attached hydrogen (secondary N) is 1. The number of hydrogen-bond acceptors (Lipinski definition) is 7. The standard InChI is InChI=1S/C24H26ClFN4O3/c1-12(2)20-14-7-13(8-17(26)22(14)27-9-15(20)24(32)4-5-24)21-16(25)10-28-23(30-21)29-18-3-6-33-11-19(18)31/h7-10,12,18-19,31-32H,3-6,11H2,1-2H3,(H,28,29,30)/t18-,19-/m1/s1.